The molecular weight excluding hydrogens is 318 g/mol. The lowest BCUT2D eigenvalue weighted by atomic mass is 9.87. The van der Waals surface area contributed by atoms with Gasteiger partial charge in [0.15, 0.2) is 0 Å². The molecule has 0 aromatic heterocycles. The Hall–Kier alpha value is -1.13. The average molecular weight is 354 g/mol. The second-order valence-corrected chi connectivity index (χ2v) is 8.87. The topological polar surface area (TPSA) is 46.2 Å². The maximum Gasteiger partial charge on any atom is 0.213 e. The first-order chi connectivity index (χ1) is 11.4. The zero-order valence-electron chi connectivity index (χ0n) is 15.8. The first-order valence-corrected chi connectivity index (χ1v) is 10.7. The Kier molecular flexibility index (Phi) is 8.71. The molecule has 3 nitrogen and oxygen atoms in total. The van der Waals surface area contributed by atoms with Gasteiger partial charge in [0, 0.05) is 7.97 Å². The standard InChI is InChI=1S/C18H27NO2S.C2H6.H2/c1-14(2)22(20,21)19-13-12-16-6-10-18(11-7-16)17-8-4-15(3)5-9-17;1-2;/h6-8,10-11,14-15,19H,4-5,9,12-13H2,1-3H3;1-2H3;1H. The van der Waals surface area contributed by atoms with Crippen molar-refractivity contribution in [2.24, 2.45) is 5.92 Å². The van der Waals surface area contributed by atoms with Crippen LogP contribution in [-0.4, -0.2) is 20.2 Å². The summed E-state index contributed by atoms with van der Waals surface area (Å²) in [6.45, 7) is 10.1. The number of nitrogens with one attached hydrogen (secondary N) is 1. The maximum absolute atomic E-state index is 11.7. The van der Waals surface area contributed by atoms with Crippen LogP contribution in [0.1, 0.15) is 66.4 Å². The van der Waals surface area contributed by atoms with Gasteiger partial charge in [0.2, 0.25) is 10.0 Å². The van der Waals surface area contributed by atoms with Crippen molar-refractivity contribution in [3.63, 3.8) is 0 Å². The van der Waals surface area contributed by atoms with Gasteiger partial charge in [-0.1, -0.05) is 51.1 Å². The lowest BCUT2D eigenvalue weighted by molar-refractivity contribution is 0.534. The van der Waals surface area contributed by atoms with E-state index in [9.17, 15) is 8.42 Å². The molecular formula is C20H35NO2S. The van der Waals surface area contributed by atoms with Crippen molar-refractivity contribution in [3.05, 3.63) is 41.5 Å². The zero-order chi connectivity index (χ0) is 18.2. The van der Waals surface area contributed by atoms with Gasteiger partial charge in [0.05, 0.1) is 5.25 Å². The third-order valence-corrected chi connectivity index (χ3v) is 6.18. The lowest BCUT2D eigenvalue weighted by Gasteiger charge is -2.18. The van der Waals surface area contributed by atoms with Gasteiger partial charge >= 0.3 is 0 Å². The van der Waals surface area contributed by atoms with Crippen LogP contribution in [0, 0.1) is 5.92 Å². The van der Waals surface area contributed by atoms with Gasteiger partial charge in [0.25, 0.3) is 0 Å². The first kappa shape index (κ1) is 20.9. The first-order valence-electron chi connectivity index (χ1n) is 9.15. The number of allylic oxidation sites excluding steroid dienone is 2. The van der Waals surface area contributed by atoms with Crippen molar-refractivity contribution in [2.75, 3.05) is 6.54 Å². The molecule has 0 saturated heterocycles. The molecule has 0 bridgehead atoms. The van der Waals surface area contributed by atoms with Crippen LogP contribution >= 0.6 is 0 Å². The van der Waals surface area contributed by atoms with Crippen LogP contribution in [0.15, 0.2) is 30.3 Å². The molecule has 0 heterocycles. The highest BCUT2D eigenvalue weighted by Crippen LogP contribution is 2.29. The van der Waals surface area contributed by atoms with Crippen LogP contribution in [0.4, 0.5) is 0 Å². The summed E-state index contributed by atoms with van der Waals surface area (Å²) in [5, 5.41) is -0.379. The smallest absolute Gasteiger partial charge is 0.213 e. The van der Waals surface area contributed by atoms with Gasteiger partial charge in [0.1, 0.15) is 0 Å². The van der Waals surface area contributed by atoms with Crippen LogP contribution in [0.25, 0.3) is 5.57 Å². The molecule has 0 saturated carbocycles. The largest absolute Gasteiger partial charge is 0.215 e. The van der Waals surface area contributed by atoms with E-state index in [1.165, 1.54) is 29.5 Å². The van der Waals surface area contributed by atoms with E-state index in [0.717, 1.165) is 18.8 Å². The summed E-state index contributed by atoms with van der Waals surface area (Å²) in [6, 6.07) is 8.54. The van der Waals surface area contributed by atoms with Crippen molar-refractivity contribution in [2.45, 2.75) is 65.6 Å². The molecule has 1 aromatic rings. The molecule has 0 aliphatic heterocycles. The SMILES string of the molecule is CC.CC1CC=C(c2ccc(CCNS(=O)(=O)C(C)C)cc2)CC1.[HH]. The van der Waals surface area contributed by atoms with Gasteiger partial charge < -0.3 is 0 Å². The Labute approximate surface area is 150 Å². The van der Waals surface area contributed by atoms with Crippen LogP contribution < -0.4 is 4.72 Å². The molecule has 1 unspecified atom stereocenters. The van der Waals surface area contributed by atoms with E-state index in [1.807, 2.05) is 13.8 Å². The molecule has 0 fully saturated rings. The van der Waals surface area contributed by atoms with E-state index in [2.05, 4.69) is 42.0 Å². The van der Waals surface area contributed by atoms with E-state index >= 15 is 0 Å². The molecule has 0 spiro atoms. The quantitative estimate of drug-likeness (QED) is 0.779. The summed E-state index contributed by atoms with van der Waals surface area (Å²) >= 11 is 0. The highest BCUT2D eigenvalue weighted by molar-refractivity contribution is 7.90. The molecule has 1 aromatic carbocycles. The van der Waals surface area contributed by atoms with Crippen molar-refractivity contribution < 1.29 is 9.84 Å². The molecule has 2 rings (SSSR count). The van der Waals surface area contributed by atoms with Gasteiger partial charge in [-0.3, -0.25) is 0 Å². The molecule has 1 aliphatic rings. The van der Waals surface area contributed by atoms with Crippen LogP contribution in [0.5, 0.6) is 0 Å². The highest BCUT2D eigenvalue weighted by atomic mass is 32.2. The predicted molar refractivity (Wildman–Crippen MR) is 107 cm³/mol. The number of rotatable bonds is 6. The summed E-state index contributed by atoms with van der Waals surface area (Å²) in [4.78, 5) is 0. The Morgan fingerprint density at radius 1 is 1.21 bits per heavy atom. The number of sulfonamides is 1. The van der Waals surface area contributed by atoms with Gasteiger partial charge in [-0.25, -0.2) is 13.1 Å². The molecule has 1 N–H and O–H groups in total. The lowest BCUT2D eigenvalue weighted by Crippen LogP contribution is -2.32. The Morgan fingerprint density at radius 2 is 1.83 bits per heavy atom. The van der Waals surface area contributed by atoms with Crippen molar-refractivity contribution in [1.82, 2.24) is 4.72 Å². The maximum atomic E-state index is 11.7. The Bertz CT molecular complexity index is 622. The summed E-state index contributed by atoms with van der Waals surface area (Å²) < 4.78 is 26.0. The van der Waals surface area contributed by atoms with E-state index in [4.69, 9.17) is 0 Å². The van der Waals surface area contributed by atoms with E-state index in [-0.39, 0.29) is 6.68 Å². The second kappa shape index (κ2) is 10.00. The zero-order valence-corrected chi connectivity index (χ0v) is 16.6. The van der Waals surface area contributed by atoms with E-state index in [0.29, 0.717) is 6.54 Å². The predicted octanol–water partition coefficient (Wildman–Crippen LogP) is 5.03. The minimum Gasteiger partial charge on any atom is -0.215 e. The fourth-order valence-corrected chi connectivity index (χ4v) is 3.34. The van der Waals surface area contributed by atoms with Crippen molar-refractivity contribution in [3.8, 4) is 0 Å². The molecule has 138 valence electrons. The van der Waals surface area contributed by atoms with Crippen molar-refractivity contribution >= 4 is 15.6 Å². The molecule has 1 aliphatic carbocycles. The normalized spacial score (nSPS) is 17.9. The van der Waals surface area contributed by atoms with Gasteiger partial charge in [-0.05, 0) is 62.1 Å². The molecule has 24 heavy (non-hydrogen) atoms. The van der Waals surface area contributed by atoms with E-state index < -0.39 is 10.0 Å². The fourth-order valence-electron chi connectivity index (χ4n) is 2.62. The number of hydrogen-bond acceptors (Lipinski definition) is 2. The van der Waals surface area contributed by atoms with E-state index in [1.54, 1.807) is 13.8 Å². The van der Waals surface area contributed by atoms with Crippen molar-refractivity contribution in [1.29, 1.82) is 0 Å². The fraction of sp³-hybridized carbons (Fsp3) is 0.600. The van der Waals surface area contributed by atoms with Gasteiger partial charge in [-0.2, -0.15) is 0 Å². The molecule has 0 amide bonds. The number of benzene rings is 1. The minimum atomic E-state index is -3.16. The second-order valence-electron chi connectivity index (χ2n) is 6.54. The summed E-state index contributed by atoms with van der Waals surface area (Å²) in [5.74, 6) is 0.803. The minimum absolute atomic E-state index is 0. The van der Waals surface area contributed by atoms with Crippen LogP contribution in [0.2, 0.25) is 0 Å². The summed E-state index contributed by atoms with van der Waals surface area (Å²) in [6.07, 6.45) is 6.69. The van der Waals surface area contributed by atoms with Gasteiger partial charge in [-0.15, -0.1) is 0 Å². The number of hydrogen-bond donors (Lipinski definition) is 1. The van der Waals surface area contributed by atoms with Crippen LogP contribution in [0.3, 0.4) is 0 Å². The highest BCUT2D eigenvalue weighted by Gasteiger charge is 2.14. The molecule has 0 radical (unpaired) electrons. The monoisotopic (exact) mass is 353 g/mol. The van der Waals surface area contributed by atoms with Crippen LogP contribution in [-0.2, 0) is 16.4 Å². The molecule has 1 atom stereocenters. The Morgan fingerprint density at radius 3 is 2.33 bits per heavy atom. The third-order valence-electron chi connectivity index (χ3n) is 4.34. The molecule has 4 heteroatoms. The third kappa shape index (κ3) is 6.40. The Balaban J connectivity index is 0.00000185. The summed E-state index contributed by atoms with van der Waals surface area (Å²) in [5.41, 5.74) is 3.92. The summed E-state index contributed by atoms with van der Waals surface area (Å²) in [7, 11) is -3.16. The average Bonchev–Trinajstić information content (AvgIpc) is 2.58.